The maximum atomic E-state index is 13.1. The van der Waals surface area contributed by atoms with E-state index in [9.17, 15) is 14.0 Å². The Morgan fingerprint density at radius 2 is 1.80 bits per heavy atom. The Bertz CT molecular complexity index is 1090. The highest BCUT2D eigenvalue weighted by molar-refractivity contribution is 5.94. The molecule has 2 N–H and O–H groups in total. The number of hydrogen-bond donors (Lipinski definition) is 2. The van der Waals surface area contributed by atoms with Gasteiger partial charge in [0.2, 0.25) is 0 Å². The number of nitrogens with zero attached hydrogens (tertiary/aromatic N) is 3. The number of carboxylic acid groups (broad SMARTS) is 1. The summed E-state index contributed by atoms with van der Waals surface area (Å²) in [6.45, 7) is 2.17. The third-order valence-electron chi connectivity index (χ3n) is 5.43. The topological polar surface area (TPSA) is 97.1 Å². The summed E-state index contributed by atoms with van der Waals surface area (Å²) in [6.07, 6.45) is 2.15. The van der Waals surface area contributed by atoms with Crippen molar-refractivity contribution in [1.29, 1.82) is 0 Å². The van der Waals surface area contributed by atoms with E-state index in [1.807, 2.05) is 0 Å². The Balaban J connectivity index is 1.49. The minimum Gasteiger partial charge on any atom is -0.478 e. The second kappa shape index (κ2) is 7.70. The number of nitrogens with one attached hydrogen (secondary N) is 1. The van der Waals surface area contributed by atoms with Gasteiger partial charge in [0.1, 0.15) is 11.5 Å². The number of benzene rings is 2. The first kappa shape index (κ1) is 19.8. The minimum absolute atomic E-state index is 0.208. The van der Waals surface area contributed by atoms with Crippen molar-refractivity contribution in [2.75, 3.05) is 0 Å². The summed E-state index contributed by atoms with van der Waals surface area (Å²) in [5.41, 5.74) is 2.46. The first-order valence-corrected chi connectivity index (χ1v) is 9.69. The first-order chi connectivity index (χ1) is 14.4. The van der Waals surface area contributed by atoms with Crippen LogP contribution in [-0.2, 0) is 18.5 Å². The SMILES string of the molecule is Cc1nnn(CCc2ccc(F)cc2)c1C(=O)NC1(c2ccc(C(=O)O)cc2)CC1. The minimum atomic E-state index is -0.984. The molecule has 2 aromatic carbocycles. The van der Waals surface area contributed by atoms with E-state index in [4.69, 9.17) is 5.11 Å². The zero-order chi connectivity index (χ0) is 21.3. The van der Waals surface area contributed by atoms with Crippen molar-refractivity contribution >= 4 is 11.9 Å². The molecular formula is C22H21FN4O3. The molecule has 0 radical (unpaired) electrons. The number of carboxylic acids is 1. The van der Waals surface area contributed by atoms with Gasteiger partial charge in [-0.1, -0.05) is 29.5 Å². The van der Waals surface area contributed by atoms with Gasteiger partial charge >= 0.3 is 5.97 Å². The van der Waals surface area contributed by atoms with Gasteiger partial charge in [0, 0.05) is 6.54 Å². The molecule has 0 aliphatic heterocycles. The van der Waals surface area contributed by atoms with E-state index in [2.05, 4.69) is 15.6 Å². The number of aromatic nitrogens is 3. The second-order valence-corrected chi connectivity index (χ2v) is 7.54. The van der Waals surface area contributed by atoms with E-state index >= 15 is 0 Å². The molecule has 154 valence electrons. The van der Waals surface area contributed by atoms with Gasteiger partial charge in [-0.05, 0) is 61.6 Å². The average molecular weight is 408 g/mol. The lowest BCUT2D eigenvalue weighted by Crippen LogP contribution is -2.36. The summed E-state index contributed by atoms with van der Waals surface area (Å²) < 4.78 is 14.6. The number of carbonyl (C=O) groups is 2. The van der Waals surface area contributed by atoms with Crippen LogP contribution >= 0.6 is 0 Å². The Labute approximate surface area is 172 Å². The molecular weight excluding hydrogens is 387 g/mol. The van der Waals surface area contributed by atoms with Crippen LogP contribution in [0.15, 0.2) is 48.5 Å². The number of hydrogen-bond acceptors (Lipinski definition) is 4. The predicted molar refractivity (Wildman–Crippen MR) is 107 cm³/mol. The summed E-state index contributed by atoms with van der Waals surface area (Å²) in [5.74, 6) is -1.54. The fraction of sp³-hybridized carbons (Fsp3) is 0.273. The highest BCUT2D eigenvalue weighted by Gasteiger charge is 2.46. The van der Waals surface area contributed by atoms with E-state index in [0.29, 0.717) is 24.4 Å². The molecule has 4 rings (SSSR count). The molecule has 8 heteroatoms. The zero-order valence-corrected chi connectivity index (χ0v) is 16.4. The summed E-state index contributed by atoms with van der Waals surface area (Å²) >= 11 is 0. The molecule has 1 amide bonds. The average Bonchev–Trinajstić information content (AvgIpc) is 3.42. The molecule has 1 aliphatic rings. The van der Waals surface area contributed by atoms with Crippen LogP contribution in [0.3, 0.4) is 0 Å². The molecule has 0 unspecified atom stereocenters. The van der Waals surface area contributed by atoms with E-state index in [0.717, 1.165) is 24.0 Å². The molecule has 1 aliphatic carbocycles. The van der Waals surface area contributed by atoms with Gasteiger partial charge in [-0.2, -0.15) is 0 Å². The Morgan fingerprint density at radius 3 is 2.40 bits per heavy atom. The molecule has 30 heavy (non-hydrogen) atoms. The number of aryl methyl sites for hydroxylation is 3. The predicted octanol–water partition coefficient (Wildman–Crippen LogP) is 3.09. The fourth-order valence-corrected chi connectivity index (χ4v) is 3.54. The highest BCUT2D eigenvalue weighted by atomic mass is 19.1. The third-order valence-corrected chi connectivity index (χ3v) is 5.43. The molecule has 1 fully saturated rings. The van der Waals surface area contributed by atoms with Crippen molar-refractivity contribution < 1.29 is 19.1 Å². The highest BCUT2D eigenvalue weighted by Crippen LogP contribution is 2.45. The van der Waals surface area contributed by atoms with Crippen molar-refractivity contribution in [3.05, 3.63) is 82.4 Å². The zero-order valence-electron chi connectivity index (χ0n) is 16.4. The Hall–Kier alpha value is -3.55. The summed E-state index contributed by atoms with van der Waals surface area (Å²) in [7, 11) is 0. The first-order valence-electron chi connectivity index (χ1n) is 9.69. The number of halogens is 1. The van der Waals surface area contributed by atoms with Crippen LogP contribution in [0, 0.1) is 12.7 Å². The van der Waals surface area contributed by atoms with Crippen molar-refractivity contribution in [2.24, 2.45) is 0 Å². The lowest BCUT2D eigenvalue weighted by atomic mass is 10.0. The summed E-state index contributed by atoms with van der Waals surface area (Å²) in [5, 5.41) is 20.3. The largest absolute Gasteiger partial charge is 0.478 e. The number of carbonyl (C=O) groups excluding carboxylic acids is 1. The smallest absolute Gasteiger partial charge is 0.335 e. The van der Waals surface area contributed by atoms with Crippen molar-refractivity contribution in [3.63, 3.8) is 0 Å². The van der Waals surface area contributed by atoms with Gasteiger partial charge in [-0.25, -0.2) is 13.9 Å². The van der Waals surface area contributed by atoms with Crippen LogP contribution in [0.2, 0.25) is 0 Å². The van der Waals surface area contributed by atoms with Gasteiger partial charge in [-0.15, -0.1) is 5.10 Å². The van der Waals surface area contributed by atoms with Crippen molar-refractivity contribution in [1.82, 2.24) is 20.3 Å². The normalized spacial score (nSPS) is 14.3. The van der Waals surface area contributed by atoms with E-state index in [1.54, 1.807) is 48.0 Å². The van der Waals surface area contributed by atoms with Gasteiger partial charge < -0.3 is 10.4 Å². The lowest BCUT2D eigenvalue weighted by Gasteiger charge is -2.19. The molecule has 3 aromatic rings. The van der Waals surface area contributed by atoms with Crippen LogP contribution in [0.1, 0.15) is 50.5 Å². The Morgan fingerprint density at radius 1 is 1.13 bits per heavy atom. The van der Waals surface area contributed by atoms with Gasteiger partial charge in [-0.3, -0.25) is 4.79 Å². The van der Waals surface area contributed by atoms with Gasteiger partial charge in [0.15, 0.2) is 0 Å². The standard InChI is InChI=1S/C22H21FN4O3/c1-14-19(27(26-25-14)13-10-15-2-8-18(23)9-3-15)20(28)24-22(11-12-22)17-6-4-16(5-7-17)21(29)30/h2-9H,10-13H2,1H3,(H,24,28)(H,29,30). The second-order valence-electron chi connectivity index (χ2n) is 7.54. The molecule has 0 atom stereocenters. The van der Waals surface area contributed by atoms with E-state index in [-0.39, 0.29) is 17.3 Å². The molecule has 1 aromatic heterocycles. The molecule has 1 heterocycles. The van der Waals surface area contributed by atoms with Crippen LogP contribution in [0.4, 0.5) is 4.39 Å². The van der Waals surface area contributed by atoms with E-state index < -0.39 is 11.5 Å². The maximum absolute atomic E-state index is 13.1. The quantitative estimate of drug-likeness (QED) is 0.626. The maximum Gasteiger partial charge on any atom is 0.335 e. The van der Waals surface area contributed by atoms with Crippen LogP contribution in [0.25, 0.3) is 0 Å². The summed E-state index contributed by atoms with van der Waals surface area (Å²) in [4.78, 5) is 24.1. The van der Waals surface area contributed by atoms with E-state index in [1.165, 1.54) is 12.1 Å². The fourth-order valence-electron chi connectivity index (χ4n) is 3.54. The lowest BCUT2D eigenvalue weighted by molar-refractivity contribution is 0.0696. The molecule has 7 nitrogen and oxygen atoms in total. The molecule has 0 bridgehead atoms. The third kappa shape index (κ3) is 3.94. The van der Waals surface area contributed by atoms with Crippen LogP contribution in [0.5, 0.6) is 0 Å². The van der Waals surface area contributed by atoms with Gasteiger partial charge in [0.05, 0.1) is 16.8 Å². The molecule has 0 spiro atoms. The summed E-state index contributed by atoms with van der Waals surface area (Å²) in [6, 6.07) is 12.8. The van der Waals surface area contributed by atoms with Crippen molar-refractivity contribution in [2.45, 2.75) is 38.3 Å². The van der Waals surface area contributed by atoms with Crippen LogP contribution < -0.4 is 5.32 Å². The Kier molecular flexibility index (Phi) is 5.07. The molecule has 1 saturated carbocycles. The van der Waals surface area contributed by atoms with Gasteiger partial charge in [0.25, 0.3) is 5.91 Å². The monoisotopic (exact) mass is 408 g/mol. The number of rotatable bonds is 7. The van der Waals surface area contributed by atoms with Crippen LogP contribution in [-0.4, -0.2) is 32.0 Å². The molecule has 0 saturated heterocycles. The van der Waals surface area contributed by atoms with Crippen molar-refractivity contribution in [3.8, 4) is 0 Å². The number of amides is 1. The number of aromatic carboxylic acids is 1.